The lowest BCUT2D eigenvalue weighted by Crippen LogP contribution is -2.39. The standard InChI is InChI=1S/C10H9ClN2O2/c11-8-3-1-6(5-12-8)7-2-4-9(14)13-10(7)15/h1,3,5,7H,2,4H2,(H,13,14,15). The zero-order chi connectivity index (χ0) is 10.8. The highest BCUT2D eigenvalue weighted by Crippen LogP contribution is 2.24. The molecular formula is C10H9ClN2O2. The molecule has 0 aliphatic carbocycles. The van der Waals surface area contributed by atoms with E-state index in [1.807, 2.05) is 0 Å². The summed E-state index contributed by atoms with van der Waals surface area (Å²) in [6.07, 6.45) is 2.48. The predicted molar refractivity (Wildman–Crippen MR) is 54.4 cm³/mol. The maximum absolute atomic E-state index is 11.5. The number of hydrogen-bond donors (Lipinski definition) is 1. The summed E-state index contributed by atoms with van der Waals surface area (Å²) in [7, 11) is 0. The number of amides is 2. The molecule has 5 heteroatoms. The van der Waals surface area contributed by atoms with Crippen molar-refractivity contribution < 1.29 is 9.59 Å². The molecular weight excluding hydrogens is 216 g/mol. The van der Waals surface area contributed by atoms with Crippen LogP contribution in [0.25, 0.3) is 0 Å². The first-order valence-corrected chi connectivity index (χ1v) is 5.00. The highest BCUT2D eigenvalue weighted by atomic mass is 35.5. The van der Waals surface area contributed by atoms with E-state index in [0.29, 0.717) is 18.0 Å². The van der Waals surface area contributed by atoms with Crippen molar-refractivity contribution in [3.63, 3.8) is 0 Å². The van der Waals surface area contributed by atoms with Crippen molar-refractivity contribution in [1.82, 2.24) is 10.3 Å². The van der Waals surface area contributed by atoms with Crippen LogP contribution in [0.5, 0.6) is 0 Å². The number of hydrogen-bond acceptors (Lipinski definition) is 3. The van der Waals surface area contributed by atoms with Crippen LogP contribution in [-0.2, 0) is 9.59 Å². The zero-order valence-electron chi connectivity index (χ0n) is 7.87. The van der Waals surface area contributed by atoms with Gasteiger partial charge in [0.25, 0.3) is 0 Å². The number of aromatic nitrogens is 1. The molecule has 1 unspecified atom stereocenters. The number of rotatable bonds is 1. The monoisotopic (exact) mass is 224 g/mol. The Hall–Kier alpha value is -1.42. The van der Waals surface area contributed by atoms with E-state index in [9.17, 15) is 9.59 Å². The first-order chi connectivity index (χ1) is 7.16. The van der Waals surface area contributed by atoms with E-state index in [2.05, 4.69) is 10.3 Å². The van der Waals surface area contributed by atoms with E-state index in [-0.39, 0.29) is 17.7 Å². The first-order valence-electron chi connectivity index (χ1n) is 4.62. The lowest BCUT2D eigenvalue weighted by atomic mass is 9.92. The highest BCUT2D eigenvalue weighted by Gasteiger charge is 2.27. The second-order valence-corrected chi connectivity index (χ2v) is 3.81. The summed E-state index contributed by atoms with van der Waals surface area (Å²) < 4.78 is 0. The number of pyridine rings is 1. The van der Waals surface area contributed by atoms with Gasteiger partial charge in [0.2, 0.25) is 11.8 Å². The summed E-state index contributed by atoms with van der Waals surface area (Å²) >= 11 is 5.64. The van der Waals surface area contributed by atoms with Crippen LogP contribution in [-0.4, -0.2) is 16.8 Å². The van der Waals surface area contributed by atoms with Gasteiger partial charge in [-0.15, -0.1) is 0 Å². The molecule has 1 N–H and O–H groups in total. The maximum atomic E-state index is 11.5. The molecule has 0 saturated carbocycles. The van der Waals surface area contributed by atoms with Gasteiger partial charge in [-0.2, -0.15) is 0 Å². The zero-order valence-corrected chi connectivity index (χ0v) is 8.62. The van der Waals surface area contributed by atoms with Crippen molar-refractivity contribution in [1.29, 1.82) is 0 Å². The molecule has 1 aliphatic heterocycles. The van der Waals surface area contributed by atoms with Gasteiger partial charge in [0.15, 0.2) is 0 Å². The quantitative estimate of drug-likeness (QED) is 0.577. The minimum Gasteiger partial charge on any atom is -0.296 e. The summed E-state index contributed by atoms with van der Waals surface area (Å²) in [5, 5.41) is 2.70. The summed E-state index contributed by atoms with van der Waals surface area (Å²) in [6, 6.07) is 3.40. The summed E-state index contributed by atoms with van der Waals surface area (Å²) in [5.74, 6) is -0.749. The number of piperidine rings is 1. The molecule has 2 rings (SSSR count). The molecule has 1 aromatic rings. The van der Waals surface area contributed by atoms with E-state index in [1.165, 1.54) is 0 Å². The minimum atomic E-state index is -0.285. The fourth-order valence-corrected chi connectivity index (χ4v) is 1.72. The van der Waals surface area contributed by atoms with E-state index in [4.69, 9.17) is 11.6 Å². The van der Waals surface area contributed by atoms with Crippen LogP contribution in [0.15, 0.2) is 18.3 Å². The Morgan fingerprint density at radius 2 is 2.20 bits per heavy atom. The fraction of sp³-hybridized carbons (Fsp3) is 0.300. The summed E-state index contributed by atoms with van der Waals surface area (Å²) in [4.78, 5) is 26.3. The third-order valence-corrected chi connectivity index (χ3v) is 2.62. The Labute approximate surface area is 91.6 Å². The molecule has 0 spiro atoms. The minimum absolute atomic E-state index is 0.210. The van der Waals surface area contributed by atoms with E-state index in [0.717, 1.165) is 5.56 Å². The molecule has 1 aromatic heterocycles. The van der Waals surface area contributed by atoms with Crippen molar-refractivity contribution in [3.8, 4) is 0 Å². The van der Waals surface area contributed by atoms with Gasteiger partial charge >= 0.3 is 0 Å². The Balaban J connectivity index is 2.20. The molecule has 2 amide bonds. The second-order valence-electron chi connectivity index (χ2n) is 3.42. The van der Waals surface area contributed by atoms with Gasteiger partial charge in [-0.3, -0.25) is 14.9 Å². The predicted octanol–water partition coefficient (Wildman–Crippen LogP) is 1.26. The molecule has 0 radical (unpaired) electrons. The van der Waals surface area contributed by atoms with Gasteiger partial charge < -0.3 is 0 Å². The van der Waals surface area contributed by atoms with Crippen LogP contribution in [0.2, 0.25) is 5.15 Å². The van der Waals surface area contributed by atoms with Crippen molar-refractivity contribution in [2.24, 2.45) is 0 Å². The molecule has 1 saturated heterocycles. The first kappa shape index (κ1) is 10.1. The van der Waals surface area contributed by atoms with Gasteiger partial charge in [0, 0.05) is 12.6 Å². The van der Waals surface area contributed by atoms with Gasteiger partial charge in [-0.1, -0.05) is 17.7 Å². The topological polar surface area (TPSA) is 59.1 Å². The number of carbonyl (C=O) groups is 2. The van der Waals surface area contributed by atoms with Crippen molar-refractivity contribution in [2.75, 3.05) is 0 Å². The number of nitrogens with zero attached hydrogens (tertiary/aromatic N) is 1. The van der Waals surface area contributed by atoms with Gasteiger partial charge in [-0.05, 0) is 18.1 Å². The Morgan fingerprint density at radius 1 is 1.40 bits per heavy atom. The van der Waals surface area contributed by atoms with Crippen LogP contribution >= 0.6 is 11.6 Å². The smallest absolute Gasteiger partial charge is 0.234 e. The maximum Gasteiger partial charge on any atom is 0.234 e. The fourth-order valence-electron chi connectivity index (χ4n) is 1.60. The van der Waals surface area contributed by atoms with Gasteiger partial charge in [0.05, 0.1) is 5.92 Å². The van der Waals surface area contributed by atoms with Crippen LogP contribution < -0.4 is 5.32 Å². The van der Waals surface area contributed by atoms with Crippen LogP contribution in [0.3, 0.4) is 0 Å². The number of nitrogens with one attached hydrogen (secondary N) is 1. The normalized spacial score (nSPS) is 21.3. The number of imide groups is 1. The Kier molecular flexibility index (Phi) is 2.68. The van der Waals surface area contributed by atoms with Crippen molar-refractivity contribution in [3.05, 3.63) is 29.0 Å². The van der Waals surface area contributed by atoms with Crippen molar-refractivity contribution >= 4 is 23.4 Å². The van der Waals surface area contributed by atoms with Gasteiger partial charge in [-0.25, -0.2) is 4.98 Å². The van der Waals surface area contributed by atoms with E-state index in [1.54, 1.807) is 18.3 Å². The van der Waals surface area contributed by atoms with E-state index >= 15 is 0 Å². The Morgan fingerprint density at radius 3 is 2.80 bits per heavy atom. The lowest BCUT2D eigenvalue weighted by molar-refractivity contribution is -0.134. The SMILES string of the molecule is O=C1CCC(c2ccc(Cl)nc2)C(=O)N1. The van der Waals surface area contributed by atoms with Crippen LogP contribution in [0, 0.1) is 0 Å². The molecule has 78 valence electrons. The average Bonchev–Trinajstić information content (AvgIpc) is 2.20. The molecule has 0 aromatic carbocycles. The Bertz CT molecular complexity index is 402. The average molecular weight is 225 g/mol. The molecule has 1 fully saturated rings. The lowest BCUT2D eigenvalue weighted by Gasteiger charge is -2.20. The third kappa shape index (κ3) is 2.15. The van der Waals surface area contributed by atoms with Crippen LogP contribution in [0.1, 0.15) is 24.3 Å². The second kappa shape index (κ2) is 3.98. The van der Waals surface area contributed by atoms with Gasteiger partial charge in [0.1, 0.15) is 5.15 Å². The molecule has 15 heavy (non-hydrogen) atoms. The number of carbonyl (C=O) groups excluding carboxylic acids is 2. The van der Waals surface area contributed by atoms with E-state index < -0.39 is 0 Å². The number of halogens is 1. The largest absolute Gasteiger partial charge is 0.296 e. The molecule has 1 aliphatic rings. The van der Waals surface area contributed by atoms with Crippen molar-refractivity contribution in [2.45, 2.75) is 18.8 Å². The summed E-state index contributed by atoms with van der Waals surface area (Å²) in [5.41, 5.74) is 0.796. The van der Waals surface area contributed by atoms with Crippen LogP contribution in [0.4, 0.5) is 0 Å². The summed E-state index contributed by atoms with van der Waals surface area (Å²) in [6.45, 7) is 0. The molecule has 4 nitrogen and oxygen atoms in total. The molecule has 0 bridgehead atoms. The third-order valence-electron chi connectivity index (χ3n) is 2.39. The molecule has 2 heterocycles. The highest BCUT2D eigenvalue weighted by molar-refractivity contribution is 6.29. The molecule has 1 atom stereocenters.